The second kappa shape index (κ2) is 4.81. The zero-order chi connectivity index (χ0) is 14.0. The van der Waals surface area contributed by atoms with Gasteiger partial charge in [-0.15, -0.1) is 0 Å². The van der Waals surface area contributed by atoms with E-state index >= 15 is 0 Å². The van der Waals surface area contributed by atoms with E-state index in [9.17, 15) is 13.2 Å². The number of carbonyl (C=O) groups is 1. The van der Waals surface area contributed by atoms with E-state index < -0.39 is 27.5 Å². The maximum absolute atomic E-state index is 12.1. The van der Waals surface area contributed by atoms with Gasteiger partial charge in [0.05, 0.1) is 4.90 Å². The second-order valence-electron chi connectivity index (χ2n) is 3.85. The van der Waals surface area contributed by atoms with Gasteiger partial charge in [0.2, 0.25) is 0 Å². The van der Waals surface area contributed by atoms with Crippen LogP contribution >= 0.6 is 0 Å². The third-order valence-electron chi connectivity index (χ3n) is 2.40. The molecule has 0 radical (unpaired) electrons. The number of benzene rings is 1. The van der Waals surface area contributed by atoms with Crippen LogP contribution in [-0.4, -0.2) is 29.6 Å². The molecule has 8 heteroatoms. The minimum atomic E-state index is -3.63. The molecule has 1 aromatic heterocycles. The lowest BCUT2D eigenvalue weighted by atomic mass is 10.2. The van der Waals surface area contributed by atoms with Crippen molar-refractivity contribution in [1.82, 2.24) is 10.1 Å². The number of sulfone groups is 1. The molecule has 0 spiro atoms. The van der Waals surface area contributed by atoms with E-state index in [1.165, 1.54) is 6.07 Å². The average Bonchev–Trinajstić information content (AvgIpc) is 2.77. The Balaban J connectivity index is 2.31. The summed E-state index contributed by atoms with van der Waals surface area (Å²) in [6.45, 7) is 1.67. The summed E-state index contributed by atoms with van der Waals surface area (Å²) in [4.78, 5) is 14.2. The lowest BCUT2D eigenvalue weighted by Crippen LogP contribution is -2.08. The summed E-state index contributed by atoms with van der Waals surface area (Å²) in [7, 11) is -3.63. The van der Waals surface area contributed by atoms with E-state index in [2.05, 4.69) is 14.7 Å². The summed E-state index contributed by atoms with van der Waals surface area (Å²) in [6.07, 6.45) is 0. The fourth-order valence-corrected chi connectivity index (χ4v) is 3.01. The van der Waals surface area contributed by atoms with Crippen molar-refractivity contribution in [1.29, 1.82) is 0 Å². The van der Waals surface area contributed by atoms with Crippen LogP contribution in [0.15, 0.2) is 33.7 Å². The molecule has 2 rings (SSSR count). The van der Waals surface area contributed by atoms with Crippen LogP contribution in [0.4, 0.5) is 0 Å². The lowest BCUT2D eigenvalue weighted by molar-refractivity contribution is 0.0643. The van der Waals surface area contributed by atoms with Crippen molar-refractivity contribution >= 4 is 15.8 Å². The predicted molar refractivity (Wildman–Crippen MR) is 63.3 cm³/mol. The molecular weight excluding hydrogens is 272 g/mol. The van der Waals surface area contributed by atoms with Crippen LogP contribution in [0, 0.1) is 6.92 Å². The van der Waals surface area contributed by atoms with Gasteiger partial charge in [-0.25, -0.2) is 13.2 Å². The number of carboxylic acids is 1. The maximum Gasteiger partial charge on any atom is 0.394 e. The molecule has 7 nitrogen and oxygen atoms in total. The number of aromatic nitrogens is 2. The third-order valence-corrected chi connectivity index (χ3v) is 4.17. The Morgan fingerprint density at radius 1 is 1.37 bits per heavy atom. The molecule has 19 heavy (non-hydrogen) atoms. The Labute approximate surface area is 108 Å². The number of rotatable bonds is 4. The summed E-state index contributed by atoms with van der Waals surface area (Å²) >= 11 is 0. The van der Waals surface area contributed by atoms with E-state index in [1.807, 2.05) is 0 Å². The van der Waals surface area contributed by atoms with Crippen molar-refractivity contribution in [3.63, 3.8) is 0 Å². The SMILES string of the molecule is Cc1ccccc1S(=O)(=O)Cc1noc(C(=O)O)n1. The van der Waals surface area contributed by atoms with Gasteiger partial charge in [-0.3, -0.25) is 0 Å². The zero-order valence-corrected chi connectivity index (χ0v) is 10.7. The van der Waals surface area contributed by atoms with Crippen LogP contribution in [0.3, 0.4) is 0 Å². The Hall–Kier alpha value is -2.22. The molecule has 0 amide bonds. The molecule has 1 aromatic carbocycles. The Kier molecular flexibility index (Phi) is 3.34. The molecule has 0 fully saturated rings. The number of hydrogen-bond donors (Lipinski definition) is 1. The molecule has 0 bridgehead atoms. The minimum Gasteiger partial charge on any atom is -0.474 e. The molecule has 100 valence electrons. The van der Waals surface area contributed by atoms with E-state index in [-0.39, 0.29) is 10.7 Å². The normalized spacial score (nSPS) is 11.4. The quantitative estimate of drug-likeness (QED) is 0.892. The third kappa shape index (κ3) is 2.79. The van der Waals surface area contributed by atoms with Crippen LogP contribution in [0.1, 0.15) is 22.1 Å². The molecule has 2 aromatic rings. The largest absolute Gasteiger partial charge is 0.474 e. The first-order valence-electron chi connectivity index (χ1n) is 5.24. The van der Waals surface area contributed by atoms with Gasteiger partial charge in [-0.2, -0.15) is 4.98 Å². The number of hydrogen-bond acceptors (Lipinski definition) is 6. The predicted octanol–water partition coefficient (Wildman–Crippen LogP) is 1.05. The van der Waals surface area contributed by atoms with Crippen molar-refractivity contribution in [2.75, 3.05) is 0 Å². The minimum absolute atomic E-state index is 0.164. The summed E-state index contributed by atoms with van der Waals surface area (Å²) in [5.74, 6) is -2.71. The molecule has 0 saturated carbocycles. The van der Waals surface area contributed by atoms with Gasteiger partial charge in [-0.1, -0.05) is 23.4 Å². The van der Waals surface area contributed by atoms with Crippen molar-refractivity contribution < 1.29 is 22.8 Å². The molecule has 0 aliphatic carbocycles. The monoisotopic (exact) mass is 282 g/mol. The molecule has 0 aliphatic rings. The number of aryl methyl sites for hydroxylation is 1. The van der Waals surface area contributed by atoms with Crippen molar-refractivity contribution in [2.45, 2.75) is 17.6 Å². The van der Waals surface area contributed by atoms with Crippen LogP contribution in [0.2, 0.25) is 0 Å². The van der Waals surface area contributed by atoms with E-state index in [0.29, 0.717) is 5.56 Å². The number of nitrogens with zero attached hydrogens (tertiary/aromatic N) is 2. The fourth-order valence-electron chi connectivity index (χ4n) is 1.55. The van der Waals surface area contributed by atoms with E-state index in [1.54, 1.807) is 25.1 Å². The Morgan fingerprint density at radius 2 is 2.05 bits per heavy atom. The van der Waals surface area contributed by atoms with Crippen LogP contribution < -0.4 is 0 Å². The average molecular weight is 282 g/mol. The molecule has 0 aliphatic heterocycles. The van der Waals surface area contributed by atoms with E-state index in [0.717, 1.165) is 0 Å². The Bertz CT molecular complexity index is 720. The second-order valence-corrected chi connectivity index (χ2v) is 5.80. The highest BCUT2D eigenvalue weighted by Crippen LogP contribution is 2.18. The van der Waals surface area contributed by atoms with Gasteiger partial charge in [0.25, 0.3) is 0 Å². The van der Waals surface area contributed by atoms with Crippen molar-refractivity contribution in [3.8, 4) is 0 Å². The summed E-state index contributed by atoms with van der Waals surface area (Å²) < 4.78 is 28.7. The molecule has 0 unspecified atom stereocenters. The standard InChI is InChI=1S/C11H10N2O5S/c1-7-4-2-3-5-8(7)19(16,17)6-9-12-10(11(14)15)18-13-9/h2-5H,6H2,1H3,(H,14,15). The highest BCUT2D eigenvalue weighted by molar-refractivity contribution is 7.90. The topological polar surface area (TPSA) is 110 Å². The molecule has 1 N–H and O–H groups in total. The molecule has 1 heterocycles. The van der Waals surface area contributed by atoms with Gasteiger partial charge in [0, 0.05) is 0 Å². The van der Waals surface area contributed by atoms with Gasteiger partial charge in [0.15, 0.2) is 15.7 Å². The summed E-state index contributed by atoms with van der Waals surface area (Å²) in [6, 6.07) is 6.48. The Morgan fingerprint density at radius 3 is 2.63 bits per heavy atom. The highest BCUT2D eigenvalue weighted by atomic mass is 32.2. The van der Waals surface area contributed by atoms with E-state index in [4.69, 9.17) is 5.11 Å². The van der Waals surface area contributed by atoms with Crippen molar-refractivity contribution in [3.05, 3.63) is 41.5 Å². The molecule has 0 atom stereocenters. The van der Waals surface area contributed by atoms with Gasteiger partial charge < -0.3 is 9.63 Å². The number of carboxylic acid groups (broad SMARTS) is 1. The van der Waals surface area contributed by atoms with Gasteiger partial charge in [0.1, 0.15) is 5.75 Å². The zero-order valence-electron chi connectivity index (χ0n) is 9.90. The van der Waals surface area contributed by atoms with Crippen molar-refractivity contribution in [2.24, 2.45) is 0 Å². The maximum atomic E-state index is 12.1. The molecular formula is C11H10N2O5S. The fraction of sp³-hybridized carbons (Fsp3) is 0.182. The summed E-state index contributed by atoms with van der Waals surface area (Å²) in [5.41, 5.74) is 0.601. The first kappa shape index (κ1) is 13.2. The first-order valence-corrected chi connectivity index (χ1v) is 6.89. The van der Waals surface area contributed by atoms with Crippen LogP contribution in [0.5, 0.6) is 0 Å². The smallest absolute Gasteiger partial charge is 0.394 e. The van der Waals surface area contributed by atoms with Crippen LogP contribution in [-0.2, 0) is 15.6 Å². The van der Waals surface area contributed by atoms with Crippen LogP contribution in [0.25, 0.3) is 0 Å². The van der Waals surface area contributed by atoms with Gasteiger partial charge in [-0.05, 0) is 18.6 Å². The molecule has 0 saturated heterocycles. The highest BCUT2D eigenvalue weighted by Gasteiger charge is 2.22. The summed E-state index contributed by atoms with van der Waals surface area (Å²) in [5, 5.41) is 11.9. The lowest BCUT2D eigenvalue weighted by Gasteiger charge is -2.04. The first-order chi connectivity index (χ1) is 8.90. The number of aromatic carboxylic acids is 1. The van der Waals surface area contributed by atoms with Gasteiger partial charge >= 0.3 is 11.9 Å².